The van der Waals surface area contributed by atoms with Crippen molar-refractivity contribution in [1.82, 2.24) is 4.98 Å². The number of nitrogens with one attached hydrogen (secondary N) is 2. The summed E-state index contributed by atoms with van der Waals surface area (Å²) in [5.41, 5.74) is 4.02. The number of anilines is 2. The van der Waals surface area contributed by atoms with E-state index in [9.17, 15) is 9.59 Å². The molecule has 0 aliphatic heterocycles. The van der Waals surface area contributed by atoms with Gasteiger partial charge >= 0.3 is 0 Å². The minimum absolute atomic E-state index is 0.0949. The zero-order valence-electron chi connectivity index (χ0n) is 19.0. The van der Waals surface area contributed by atoms with Gasteiger partial charge in [-0.05, 0) is 69.2 Å². The average molecular weight is 484 g/mol. The van der Waals surface area contributed by atoms with Gasteiger partial charge in [0.25, 0.3) is 5.91 Å². The molecular weight excluding hydrogens is 458 g/mol. The number of nitrogens with zero attached hydrogens (tertiary/aromatic N) is 1. The van der Waals surface area contributed by atoms with Crippen LogP contribution in [0.1, 0.15) is 34.1 Å². The molecule has 3 rings (SSSR count). The highest BCUT2D eigenvalue weighted by Crippen LogP contribution is 2.29. The molecule has 0 fully saturated rings. The molecule has 0 radical (unpaired) electrons. The Morgan fingerprint density at radius 3 is 2.52 bits per heavy atom. The topological polar surface area (TPSA) is 80.3 Å². The normalized spacial score (nSPS) is 10.6. The van der Waals surface area contributed by atoms with E-state index in [2.05, 4.69) is 15.6 Å². The third-order valence-electron chi connectivity index (χ3n) is 4.86. The van der Waals surface area contributed by atoms with E-state index in [0.29, 0.717) is 39.3 Å². The quantitative estimate of drug-likeness (QED) is 0.381. The number of pyridine rings is 1. The number of benzene rings is 2. The van der Waals surface area contributed by atoms with Gasteiger partial charge in [-0.25, -0.2) is 4.98 Å². The maximum absolute atomic E-state index is 13.2. The SMILES string of the molecule is CCOc1ccccc1NC(=O)c1c(C)cc(C)nc1SCC(=O)Nc1cccc(Cl)c1C. The van der Waals surface area contributed by atoms with E-state index in [4.69, 9.17) is 16.3 Å². The van der Waals surface area contributed by atoms with Crippen LogP contribution in [-0.4, -0.2) is 29.2 Å². The molecule has 6 nitrogen and oxygen atoms in total. The highest BCUT2D eigenvalue weighted by Gasteiger charge is 2.20. The molecule has 2 amide bonds. The molecule has 0 saturated carbocycles. The molecule has 0 spiro atoms. The van der Waals surface area contributed by atoms with Gasteiger partial charge in [-0.1, -0.05) is 41.6 Å². The first-order valence-electron chi connectivity index (χ1n) is 10.5. The van der Waals surface area contributed by atoms with Crippen LogP contribution in [0.5, 0.6) is 5.75 Å². The number of hydrogen-bond donors (Lipinski definition) is 2. The lowest BCUT2D eigenvalue weighted by Crippen LogP contribution is -2.18. The largest absolute Gasteiger partial charge is 0.492 e. The molecular formula is C25H26ClN3O3S. The molecule has 0 bridgehead atoms. The van der Waals surface area contributed by atoms with Crippen molar-refractivity contribution in [1.29, 1.82) is 0 Å². The van der Waals surface area contributed by atoms with Crippen molar-refractivity contribution >= 4 is 46.6 Å². The van der Waals surface area contributed by atoms with Crippen LogP contribution in [0.3, 0.4) is 0 Å². The number of carbonyl (C=O) groups excluding carboxylic acids is 2. The second-order valence-corrected chi connectivity index (χ2v) is 8.76. The molecule has 172 valence electrons. The van der Waals surface area contributed by atoms with Crippen molar-refractivity contribution in [3.63, 3.8) is 0 Å². The van der Waals surface area contributed by atoms with Gasteiger partial charge in [0.15, 0.2) is 0 Å². The van der Waals surface area contributed by atoms with Gasteiger partial charge < -0.3 is 15.4 Å². The highest BCUT2D eigenvalue weighted by molar-refractivity contribution is 8.00. The van der Waals surface area contributed by atoms with Crippen LogP contribution in [0.25, 0.3) is 0 Å². The first-order chi connectivity index (χ1) is 15.8. The van der Waals surface area contributed by atoms with Gasteiger partial charge in [0, 0.05) is 16.4 Å². The Balaban J connectivity index is 1.79. The minimum Gasteiger partial charge on any atom is -0.492 e. The number of para-hydroxylation sites is 2. The van der Waals surface area contributed by atoms with Gasteiger partial charge in [-0.2, -0.15) is 0 Å². The van der Waals surface area contributed by atoms with E-state index in [1.807, 2.05) is 45.9 Å². The summed E-state index contributed by atoms with van der Waals surface area (Å²) >= 11 is 7.36. The molecule has 1 aromatic heterocycles. The van der Waals surface area contributed by atoms with Gasteiger partial charge in [-0.3, -0.25) is 9.59 Å². The molecule has 2 aromatic carbocycles. The first-order valence-corrected chi connectivity index (χ1v) is 11.9. The molecule has 0 aliphatic carbocycles. The number of aryl methyl sites for hydroxylation is 2. The molecule has 33 heavy (non-hydrogen) atoms. The number of amides is 2. The summed E-state index contributed by atoms with van der Waals surface area (Å²) in [4.78, 5) is 30.3. The van der Waals surface area contributed by atoms with Crippen LogP contribution in [-0.2, 0) is 4.79 Å². The maximum atomic E-state index is 13.2. The smallest absolute Gasteiger partial charge is 0.258 e. The van der Waals surface area contributed by atoms with Crippen molar-refractivity contribution in [3.05, 3.63) is 75.9 Å². The number of halogens is 1. The van der Waals surface area contributed by atoms with Crippen LogP contribution in [0, 0.1) is 20.8 Å². The third-order valence-corrected chi connectivity index (χ3v) is 6.24. The molecule has 2 N–H and O–H groups in total. The number of rotatable bonds is 8. The van der Waals surface area contributed by atoms with E-state index in [1.165, 1.54) is 11.8 Å². The number of thioether (sulfide) groups is 1. The van der Waals surface area contributed by atoms with Crippen LogP contribution >= 0.6 is 23.4 Å². The molecule has 0 aliphatic rings. The average Bonchev–Trinajstić information content (AvgIpc) is 2.76. The van der Waals surface area contributed by atoms with Crippen LogP contribution in [0.15, 0.2) is 53.6 Å². The van der Waals surface area contributed by atoms with Gasteiger partial charge in [0.2, 0.25) is 5.91 Å². The van der Waals surface area contributed by atoms with Gasteiger partial charge in [0.05, 0.1) is 23.6 Å². The summed E-state index contributed by atoms with van der Waals surface area (Å²) < 4.78 is 5.61. The summed E-state index contributed by atoms with van der Waals surface area (Å²) in [5.74, 6) is 0.175. The number of hydrogen-bond acceptors (Lipinski definition) is 5. The Kier molecular flexibility index (Phi) is 8.36. The predicted octanol–water partition coefficient (Wildman–Crippen LogP) is 6.04. The van der Waals surface area contributed by atoms with Gasteiger partial charge in [0.1, 0.15) is 10.8 Å². The Morgan fingerprint density at radius 1 is 1.03 bits per heavy atom. The lowest BCUT2D eigenvalue weighted by Gasteiger charge is -2.15. The molecule has 0 saturated heterocycles. The zero-order valence-corrected chi connectivity index (χ0v) is 20.6. The fourth-order valence-electron chi connectivity index (χ4n) is 3.28. The van der Waals surface area contributed by atoms with Crippen LogP contribution in [0.2, 0.25) is 5.02 Å². The molecule has 0 unspecified atom stereocenters. The van der Waals surface area contributed by atoms with Crippen molar-refractivity contribution in [2.75, 3.05) is 23.0 Å². The molecule has 8 heteroatoms. The van der Waals surface area contributed by atoms with Crippen molar-refractivity contribution in [2.24, 2.45) is 0 Å². The van der Waals surface area contributed by atoms with E-state index in [0.717, 1.165) is 16.8 Å². The van der Waals surface area contributed by atoms with Gasteiger partial charge in [-0.15, -0.1) is 0 Å². The standard InChI is InChI=1S/C25H26ClN3O3S/c1-5-32-21-12-7-6-10-20(21)29-24(31)23-15(2)13-16(3)27-25(23)33-14-22(30)28-19-11-8-9-18(26)17(19)4/h6-13H,5,14H2,1-4H3,(H,28,30)(H,29,31). The lowest BCUT2D eigenvalue weighted by molar-refractivity contribution is -0.113. The summed E-state index contributed by atoms with van der Waals surface area (Å²) in [5, 5.41) is 6.88. The summed E-state index contributed by atoms with van der Waals surface area (Å²) in [6, 6.07) is 14.5. The summed E-state index contributed by atoms with van der Waals surface area (Å²) in [6.07, 6.45) is 0. The lowest BCUT2D eigenvalue weighted by atomic mass is 10.1. The Labute approximate surface area is 203 Å². The van der Waals surface area contributed by atoms with E-state index in [-0.39, 0.29) is 17.6 Å². The Hall–Kier alpha value is -3.03. The van der Waals surface area contributed by atoms with Crippen molar-refractivity contribution < 1.29 is 14.3 Å². The summed E-state index contributed by atoms with van der Waals surface area (Å²) in [6.45, 7) is 7.94. The van der Waals surface area contributed by atoms with E-state index >= 15 is 0 Å². The zero-order chi connectivity index (χ0) is 24.0. The molecule has 1 heterocycles. The highest BCUT2D eigenvalue weighted by atomic mass is 35.5. The Morgan fingerprint density at radius 2 is 1.76 bits per heavy atom. The Bertz CT molecular complexity index is 1180. The summed E-state index contributed by atoms with van der Waals surface area (Å²) in [7, 11) is 0. The van der Waals surface area contributed by atoms with Crippen molar-refractivity contribution in [2.45, 2.75) is 32.7 Å². The fourth-order valence-corrected chi connectivity index (χ4v) is 4.40. The van der Waals surface area contributed by atoms with Crippen LogP contribution in [0.4, 0.5) is 11.4 Å². The number of aromatic nitrogens is 1. The number of ether oxygens (including phenoxy) is 1. The first kappa shape index (κ1) is 24.6. The monoisotopic (exact) mass is 483 g/mol. The molecule has 3 aromatic rings. The number of carbonyl (C=O) groups is 2. The molecule has 0 atom stereocenters. The maximum Gasteiger partial charge on any atom is 0.258 e. The third kappa shape index (κ3) is 6.27. The van der Waals surface area contributed by atoms with Crippen LogP contribution < -0.4 is 15.4 Å². The minimum atomic E-state index is -0.305. The van der Waals surface area contributed by atoms with Crippen molar-refractivity contribution in [3.8, 4) is 5.75 Å². The predicted molar refractivity (Wildman–Crippen MR) is 135 cm³/mol. The van der Waals surface area contributed by atoms with E-state index in [1.54, 1.807) is 30.3 Å². The second-order valence-electron chi connectivity index (χ2n) is 7.39. The van der Waals surface area contributed by atoms with E-state index < -0.39 is 0 Å². The second kappa shape index (κ2) is 11.2. The fraction of sp³-hybridized carbons (Fsp3) is 0.240.